The molecule has 1 aliphatic rings. The van der Waals surface area contributed by atoms with Crippen molar-refractivity contribution in [3.63, 3.8) is 0 Å². The van der Waals surface area contributed by atoms with Gasteiger partial charge in [-0.05, 0) is 17.7 Å². The summed E-state index contributed by atoms with van der Waals surface area (Å²) in [7, 11) is 0. The molecule has 2 N–H and O–H groups in total. The molecule has 8 nitrogen and oxygen atoms in total. The Morgan fingerprint density at radius 1 is 1.48 bits per heavy atom. The zero-order chi connectivity index (χ0) is 16.4. The van der Waals surface area contributed by atoms with E-state index in [1.807, 2.05) is 6.07 Å². The highest BCUT2D eigenvalue weighted by molar-refractivity contribution is 5.67. The van der Waals surface area contributed by atoms with Crippen LogP contribution in [0.15, 0.2) is 35.4 Å². The van der Waals surface area contributed by atoms with Crippen molar-refractivity contribution < 1.29 is 14.6 Å². The monoisotopic (exact) mass is 312 g/mol. The Hall–Kier alpha value is -3.34. The van der Waals surface area contributed by atoms with E-state index in [2.05, 4.69) is 10.3 Å². The Bertz CT molecular complexity index is 851. The van der Waals surface area contributed by atoms with Gasteiger partial charge in [0.2, 0.25) is 5.88 Å². The van der Waals surface area contributed by atoms with E-state index in [-0.39, 0.29) is 24.2 Å². The zero-order valence-corrected chi connectivity index (χ0v) is 11.9. The van der Waals surface area contributed by atoms with Gasteiger partial charge in [0, 0.05) is 0 Å². The number of carboxylic acid groups (broad SMARTS) is 1. The SMILES string of the molecule is N#Cc1ccc([C@@H]2COc3ncn(CC(=O)O)c(=O)c3N2)cc1. The van der Waals surface area contributed by atoms with Crippen LogP contribution in [0.2, 0.25) is 0 Å². The summed E-state index contributed by atoms with van der Waals surface area (Å²) in [5.41, 5.74) is 1.02. The second-order valence-corrected chi connectivity index (χ2v) is 4.99. The maximum Gasteiger partial charge on any atom is 0.323 e. The summed E-state index contributed by atoms with van der Waals surface area (Å²) in [6, 6.07) is 8.66. The van der Waals surface area contributed by atoms with Crippen molar-refractivity contribution >= 4 is 11.7 Å². The maximum absolute atomic E-state index is 12.3. The van der Waals surface area contributed by atoms with Gasteiger partial charge in [0.05, 0.1) is 17.7 Å². The van der Waals surface area contributed by atoms with E-state index >= 15 is 0 Å². The molecule has 3 rings (SSSR count). The average Bonchev–Trinajstić information content (AvgIpc) is 2.57. The number of nitrogens with zero attached hydrogens (tertiary/aromatic N) is 3. The number of fused-ring (bicyclic) bond motifs is 1. The van der Waals surface area contributed by atoms with E-state index in [0.717, 1.165) is 16.5 Å². The van der Waals surface area contributed by atoms with Gasteiger partial charge in [-0.3, -0.25) is 14.2 Å². The van der Waals surface area contributed by atoms with E-state index < -0.39 is 18.1 Å². The predicted octanol–water partition coefficient (Wildman–Crippen LogP) is 0.745. The van der Waals surface area contributed by atoms with Crippen molar-refractivity contribution in [1.82, 2.24) is 9.55 Å². The lowest BCUT2D eigenvalue weighted by atomic mass is 10.0. The van der Waals surface area contributed by atoms with E-state index in [9.17, 15) is 9.59 Å². The van der Waals surface area contributed by atoms with Crippen LogP contribution in [-0.2, 0) is 11.3 Å². The molecule has 23 heavy (non-hydrogen) atoms. The summed E-state index contributed by atoms with van der Waals surface area (Å²) in [4.78, 5) is 27.0. The third-order valence-electron chi connectivity index (χ3n) is 3.46. The Morgan fingerprint density at radius 2 is 2.22 bits per heavy atom. The first-order chi connectivity index (χ1) is 11.1. The number of hydrogen-bond donors (Lipinski definition) is 2. The van der Waals surface area contributed by atoms with Gasteiger partial charge >= 0.3 is 5.97 Å². The van der Waals surface area contributed by atoms with Crippen LogP contribution in [0.5, 0.6) is 5.88 Å². The van der Waals surface area contributed by atoms with Crippen molar-refractivity contribution in [2.45, 2.75) is 12.6 Å². The van der Waals surface area contributed by atoms with Crippen LogP contribution >= 0.6 is 0 Å². The lowest BCUT2D eigenvalue weighted by molar-refractivity contribution is -0.137. The average molecular weight is 312 g/mol. The maximum atomic E-state index is 12.3. The third kappa shape index (κ3) is 2.85. The highest BCUT2D eigenvalue weighted by Crippen LogP contribution is 2.29. The predicted molar refractivity (Wildman–Crippen MR) is 79.1 cm³/mol. The van der Waals surface area contributed by atoms with Gasteiger partial charge in [0.25, 0.3) is 5.56 Å². The number of nitrogens with one attached hydrogen (secondary N) is 1. The van der Waals surface area contributed by atoms with Gasteiger partial charge in [0.15, 0.2) is 5.69 Å². The summed E-state index contributed by atoms with van der Waals surface area (Å²) in [5.74, 6) is -0.976. The summed E-state index contributed by atoms with van der Waals surface area (Å²) >= 11 is 0. The summed E-state index contributed by atoms with van der Waals surface area (Å²) in [6.07, 6.45) is 1.15. The van der Waals surface area contributed by atoms with Gasteiger partial charge in [-0.15, -0.1) is 0 Å². The minimum Gasteiger partial charge on any atom is -0.480 e. The van der Waals surface area contributed by atoms with Crippen LogP contribution < -0.4 is 15.6 Å². The number of nitriles is 1. The second-order valence-electron chi connectivity index (χ2n) is 4.99. The summed E-state index contributed by atoms with van der Waals surface area (Å²) < 4.78 is 6.49. The molecule has 8 heteroatoms. The Balaban J connectivity index is 1.91. The molecule has 0 amide bonds. The molecule has 0 fully saturated rings. The Kier molecular flexibility index (Phi) is 3.68. The minimum atomic E-state index is -1.13. The number of benzene rings is 1. The standard InChI is InChI=1S/C15H12N4O4/c16-5-9-1-3-10(4-2-9)11-7-23-14-13(18-11)15(22)19(8-17-14)6-12(20)21/h1-4,8,11,18H,6-7H2,(H,20,21)/t11-/m0/s1. The largest absolute Gasteiger partial charge is 0.480 e. The van der Waals surface area contributed by atoms with E-state index in [1.54, 1.807) is 24.3 Å². The second kappa shape index (κ2) is 5.81. The van der Waals surface area contributed by atoms with Gasteiger partial charge < -0.3 is 15.2 Å². The first-order valence-corrected chi connectivity index (χ1v) is 6.79. The molecule has 1 atom stereocenters. The summed E-state index contributed by atoms with van der Waals surface area (Å²) in [6.45, 7) is -0.198. The molecule has 2 aromatic rings. The molecule has 0 radical (unpaired) electrons. The number of carbonyl (C=O) groups is 1. The fourth-order valence-corrected chi connectivity index (χ4v) is 2.31. The molecule has 116 valence electrons. The Morgan fingerprint density at radius 3 is 2.87 bits per heavy atom. The van der Waals surface area contributed by atoms with Crippen LogP contribution in [0.4, 0.5) is 5.69 Å². The topological polar surface area (TPSA) is 117 Å². The lowest BCUT2D eigenvalue weighted by Gasteiger charge is -2.26. The van der Waals surface area contributed by atoms with Crippen molar-refractivity contribution in [1.29, 1.82) is 5.26 Å². The van der Waals surface area contributed by atoms with Crippen LogP contribution in [0.25, 0.3) is 0 Å². The normalized spacial score (nSPS) is 15.7. The minimum absolute atomic E-state index is 0.134. The molecule has 0 unspecified atom stereocenters. The van der Waals surface area contributed by atoms with Crippen LogP contribution in [-0.4, -0.2) is 27.2 Å². The Labute approximate surface area is 130 Å². The van der Waals surface area contributed by atoms with Crippen molar-refractivity contribution in [2.75, 3.05) is 11.9 Å². The number of rotatable bonds is 3. The van der Waals surface area contributed by atoms with Gasteiger partial charge in [-0.2, -0.15) is 5.26 Å². The smallest absolute Gasteiger partial charge is 0.323 e. The number of ether oxygens (including phenoxy) is 1. The van der Waals surface area contributed by atoms with Gasteiger partial charge in [-0.1, -0.05) is 12.1 Å². The highest BCUT2D eigenvalue weighted by atomic mass is 16.5. The van der Waals surface area contributed by atoms with E-state index in [1.165, 1.54) is 0 Å². The molecule has 0 bridgehead atoms. The van der Waals surface area contributed by atoms with Crippen molar-refractivity contribution in [2.24, 2.45) is 0 Å². The molecule has 0 saturated carbocycles. The molecule has 0 aliphatic carbocycles. The molecular weight excluding hydrogens is 300 g/mol. The lowest BCUT2D eigenvalue weighted by Crippen LogP contribution is -2.33. The van der Waals surface area contributed by atoms with Gasteiger partial charge in [0.1, 0.15) is 19.5 Å². The third-order valence-corrected chi connectivity index (χ3v) is 3.46. The first kappa shape index (κ1) is 14.6. The fraction of sp³-hybridized carbons (Fsp3) is 0.200. The molecular formula is C15H12N4O4. The van der Waals surface area contributed by atoms with Crippen molar-refractivity contribution in [3.05, 3.63) is 52.1 Å². The molecule has 2 heterocycles. The zero-order valence-electron chi connectivity index (χ0n) is 11.9. The molecule has 1 aromatic heterocycles. The molecule has 0 saturated heterocycles. The molecule has 1 aromatic carbocycles. The van der Waals surface area contributed by atoms with Crippen LogP contribution in [0.3, 0.4) is 0 Å². The summed E-state index contributed by atoms with van der Waals surface area (Å²) in [5, 5.41) is 20.7. The fourth-order valence-electron chi connectivity index (χ4n) is 2.31. The van der Waals surface area contributed by atoms with Crippen LogP contribution in [0.1, 0.15) is 17.2 Å². The van der Waals surface area contributed by atoms with Crippen molar-refractivity contribution in [3.8, 4) is 11.9 Å². The van der Waals surface area contributed by atoms with Crippen LogP contribution in [0, 0.1) is 11.3 Å². The number of carboxylic acids is 1. The van der Waals surface area contributed by atoms with Gasteiger partial charge in [-0.25, -0.2) is 4.98 Å². The number of hydrogen-bond acceptors (Lipinski definition) is 6. The number of anilines is 1. The number of aliphatic carboxylic acids is 1. The molecule has 1 aliphatic heterocycles. The van der Waals surface area contributed by atoms with E-state index in [0.29, 0.717) is 5.56 Å². The highest BCUT2D eigenvalue weighted by Gasteiger charge is 2.25. The number of aromatic nitrogens is 2. The first-order valence-electron chi connectivity index (χ1n) is 6.79. The van der Waals surface area contributed by atoms with E-state index in [4.69, 9.17) is 15.1 Å². The molecule has 0 spiro atoms. The quantitative estimate of drug-likeness (QED) is 0.858.